The first-order valence-electron chi connectivity index (χ1n) is 4.50. The van der Waals surface area contributed by atoms with Gasteiger partial charge < -0.3 is 9.84 Å². The predicted molar refractivity (Wildman–Crippen MR) is 51.4 cm³/mol. The van der Waals surface area contributed by atoms with Crippen LogP contribution >= 0.6 is 0 Å². The summed E-state index contributed by atoms with van der Waals surface area (Å²) in [7, 11) is 0. The summed E-state index contributed by atoms with van der Waals surface area (Å²) >= 11 is 0. The highest BCUT2D eigenvalue weighted by Crippen LogP contribution is 2.11. The number of aliphatic hydroxyl groups excluding tert-OH is 1. The lowest BCUT2D eigenvalue weighted by Crippen LogP contribution is -2.23. The van der Waals surface area contributed by atoms with E-state index in [1.807, 2.05) is 0 Å². The van der Waals surface area contributed by atoms with Crippen LogP contribution in [-0.4, -0.2) is 23.3 Å². The summed E-state index contributed by atoms with van der Waals surface area (Å²) in [6.45, 7) is 4.94. The molecule has 0 aromatic heterocycles. The molecule has 0 aliphatic carbocycles. The molecule has 1 N–H and O–H groups in total. The Hall–Kier alpha value is -0.900. The summed E-state index contributed by atoms with van der Waals surface area (Å²) < 4.78 is 17.0. The van der Waals surface area contributed by atoms with Gasteiger partial charge in [0.15, 0.2) is 0 Å². The number of carbonyl (C=O) groups excluding carboxylic acids is 1. The maximum atomic E-state index is 12.0. The molecule has 14 heavy (non-hydrogen) atoms. The standard InChI is InChI=1S/C10H17FO3/c1-10(2,3)14-9(13)5-4-8(6-11)7-12/h6,12H,4-5,7H2,1-3H3/b8-6-. The number of hydrogen-bond acceptors (Lipinski definition) is 3. The number of carbonyl (C=O) groups is 1. The zero-order chi connectivity index (χ0) is 11.2. The fourth-order valence-electron chi connectivity index (χ4n) is 0.823. The molecule has 82 valence electrons. The fourth-order valence-corrected chi connectivity index (χ4v) is 0.823. The van der Waals surface area contributed by atoms with Gasteiger partial charge in [0.05, 0.1) is 12.9 Å². The van der Waals surface area contributed by atoms with Crippen LogP contribution in [0.15, 0.2) is 11.9 Å². The van der Waals surface area contributed by atoms with Crippen molar-refractivity contribution >= 4 is 5.97 Å². The van der Waals surface area contributed by atoms with Crippen LogP contribution < -0.4 is 0 Å². The molecule has 0 fully saturated rings. The van der Waals surface area contributed by atoms with E-state index in [0.717, 1.165) is 0 Å². The maximum absolute atomic E-state index is 12.0. The second-order valence-electron chi connectivity index (χ2n) is 4.01. The van der Waals surface area contributed by atoms with E-state index in [4.69, 9.17) is 9.84 Å². The lowest BCUT2D eigenvalue weighted by atomic mass is 10.1. The molecule has 0 saturated carbocycles. The smallest absolute Gasteiger partial charge is 0.306 e. The molecule has 0 aromatic rings. The molecule has 3 nitrogen and oxygen atoms in total. The van der Waals surface area contributed by atoms with Gasteiger partial charge in [0, 0.05) is 6.42 Å². The van der Waals surface area contributed by atoms with Crippen LogP contribution in [0.1, 0.15) is 33.6 Å². The van der Waals surface area contributed by atoms with Crippen molar-refractivity contribution in [1.82, 2.24) is 0 Å². The van der Waals surface area contributed by atoms with Crippen LogP contribution in [0.3, 0.4) is 0 Å². The molecular weight excluding hydrogens is 187 g/mol. The van der Waals surface area contributed by atoms with E-state index < -0.39 is 5.60 Å². The van der Waals surface area contributed by atoms with Crippen LogP contribution in [-0.2, 0) is 9.53 Å². The molecule has 0 aliphatic rings. The molecule has 0 heterocycles. The van der Waals surface area contributed by atoms with Crippen LogP contribution in [0.2, 0.25) is 0 Å². The van der Waals surface area contributed by atoms with E-state index in [0.29, 0.717) is 6.33 Å². The first-order valence-corrected chi connectivity index (χ1v) is 4.50. The van der Waals surface area contributed by atoms with Crippen molar-refractivity contribution in [1.29, 1.82) is 0 Å². The average Bonchev–Trinajstić information content (AvgIpc) is 2.03. The Morgan fingerprint density at radius 1 is 1.43 bits per heavy atom. The summed E-state index contributed by atoms with van der Waals surface area (Å²) in [4.78, 5) is 11.1. The highest BCUT2D eigenvalue weighted by Gasteiger charge is 2.16. The van der Waals surface area contributed by atoms with Gasteiger partial charge in [0.1, 0.15) is 5.60 Å². The van der Waals surface area contributed by atoms with E-state index in [2.05, 4.69) is 0 Å². The third kappa shape index (κ3) is 6.60. The summed E-state index contributed by atoms with van der Waals surface area (Å²) in [5.74, 6) is -0.384. The van der Waals surface area contributed by atoms with Gasteiger partial charge in [-0.1, -0.05) is 0 Å². The van der Waals surface area contributed by atoms with Crippen molar-refractivity contribution in [3.8, 4) is 0 Å². The maximum Gasteiger partial charge on any atom is 0.306 e. The number of esters is 1. The van der Waals surface area contributed by atoms with Crippen molar-refractivity contribution in [2.45, 2.75) is 39.2 Å². The topological polar surface area (TPSA) is 46.5 Å². The van der Waals surface area contributed by atoms with Gasteiger partial charge in [-0.25, -0.2) is 4.39 Å². The number of rotatable bonds is 4. The van der Waals surface area contributed by atoms with Crippen molar-refractivity contribution < 1.29 is 19.0 Å². The third-order valence-electron chi connectivity index (χ3n) is 1.43. The van der Waals surface area contributed by atoms with E-state index >= 15 is 0 Å². The van der Waals surface area contributed by atoms with Gasteiger partial charge in [-0.05, 0) is 32.8 Å². The Bertz CT molecular complexity index is 216. The minimum absolute atomic E-state index is 0.0909. The van der Waals surface area contributed by atoms with Crippen molar-refractivity contribution in [2.75, 3.05) is 6.61 Å². The van der Waals surface area contributed by atoms with E-state index in [1.54, 1.807) is 20.8 Å². The zero-order valence-electron chi connectivity index (χ0n) is 8.84. The molecule has 0 radical (unpaired) electrons. The highest BCUT2D eigenvalue weighted by atomic mass is 19.1. The number of hydrogen-bond donors (Lipinski definition) is 1. The molecule has 0 amide bonds. The van der Waals surface area contributed by atoms with Gasteiger partial charge >= 0.3 is 5.97 Å². The Morgan fingerprint density at radius 3 is 2.36 bits per heavy atom. The van der Waals surface area contributed by atoms with Gasteiger partial charge in [0.2, 0.25) is 0 Å². The summed E-state index contributed by atoms with van der Waals surface area (Å²) in [6, 6.07) is 0. The quantitative estimate of drug-likeness (QED) is 0.712. The Kier molecular flexibility index (Phi) is 5.38. The van der Waals surface area contributed by atoms with Crippen LogP contribution in [0.4, 0.5) is 4.39 Å². The normalized spacial score (nSPS) is 12.8. The molecular formula is C10H17FO3. The zero-order valence-corrected chi connectivity index (χ0v) is 8.84. The van der Waals surface area contributed by atoms with E-state index in [1.165, 1.54) is 0 Å². The van der Waals surface area contributed by atoms with Gasteiger partial charge in [0.25, 0.3) is 0 Å². The largest absolute Gasteiger partial charge is 0.460 e. The van der Waals surface area contributed by atoms with Crippen LogP contribution in [0, 0.1) is 0 Å². The lowest BCUT2D eigenvalue weighted by molar-refractivity contribution is -0.154. The van der Waals surface area contributed by atoms with Crippen molar-refractivity contribution in [2.24, 2.45) is 0 Å². The summed E-state index contributed by atoms with van der Waals surface area (Å²) in [6.07, 6.45) is 0.611. The first kappa shape index (κ1) is 13.1. The molecule has 0 rings (SSSR count). The van der Waals surface area contributed by atoms with E-state index in [-0.39, 0.29) is 31.0 Å². The van der Waals surface area contributed by atoms with Crippen LogP contribution in [0.25, 0.3) is 0 Å². The Morgan fingerprint density at radius 2 is 2.00 bits per heavy atom. The second kappa shape index (κ2) is 5.75. The molecule has 0 aromatic carbocycles. The van der Waals surface area contributed by atoms with Crippen LogP contribution in [0.5, 0.6) is 0 Å². The Labute approximate surface area is 83.6 Å². The molecule has 0 atom stereocenters. The van der Waals surface area contributed by atoms with Gasteiger partial charge in [-0.2, -0.15) is 0 Å². The van der Waals surface area contributed by atoms with Crippen molar-refractivity contribution in [3.05, 3.63) is 11.9 Å². The van der Waals surface area contributed by atoms with Gasteiger partial charge in [-0.3, -0.25) is 4.79 Å². The van der Waals surface area contributed by atoms with E-state index in [9.17, 15) is 9.18 Å². The minimum atomic E-state index is -0.518. The lowest BCUT2D eigenvalue weighted by Gasteiger charge is -2.19. The minimum Gasteiger partial charge on any atom is -0.460 e. The number of ether oxygens (including phenoxy) is 1. The molecule has 0 unspecified atom stereocenters. The number of halogens is 1. The molecule has 0 bridgehead atoms. The summed E-state index contributed by atoms with van der Waals surface area (Å²) in [5.41, 5.74) is -0.313. The Balaban J connectivity index is 3.86. The SMILES string of the molecule is CC(C)(C)OC(=O)CC/C(=C/F)CO. The summed E-state index contributed by atoms with van der Waals surface area (Å²) in [5, 5.41) is 8.61. The monoisotopic (exact) mass is 204 g/mol. The molecule has 4 heteroatoms. The first-order chi connectivity index (χ1) is 6.39. The highest BCUT2D eigenvalue weighted by molar-refractivity contribution is 5.70. The van der Waals surface area contributed by atoms with Crippen molar-refractivity contribution in [3.63, 3.8) is 0 Å². The second-order valence-corrected chi connectivity index (χ2v) is 4.01. The molecule has 0 aliphatic heterocycles. The average molecular weight is 204 g/mol. The third-order valence-corrected chi connectivity index (χ3v) is 1.43. The molecule has 0 spiro atoms. The molecule has 0 saturated heterocycles. The fraction of sp³-hybridized carbons (Fsp3) is 0.700. The predicted octanol–water partition coefficient (Wildman–Crippen LogP) is 1.95. The number of aliphatic hydroxyl groups is 1. The van der Waals surface area contributed by atoms with Gasteiger partial charge in [-0.15, -0.1) is 0 Å².